The van der Waals surface area contributed by atoms with Crippen molar-refractivity contribution >= 4 is 11.4 Å². The van der Waals surface area contributed by atoms with Gasteiger partial charge in [0.25, 0.3) is 0 Å². The van der Waals surface area contributed by atoms with E-state index in [1.807, 2.05) is 21.0 Å². The zero-order valence-electron chi connectivity index (χ0n) is 31.2. The number of nitrogens with two attached hydrogens (primary N) is 1. The van der Waals surface area contributed by atoms with Gasteiger partial charge in [-0.2, -0.15) is 0 Å². The Morgan fingerprint density at radius 2 is 1.43 bits per heavy atom. The fourth-order valence-corrected chi connectivity index (χ4v) is 5.65. The van der Waals surface area contributed by atoms with Crippen molar-refractivity contribution in [3.8, 4) is 0 Å². The molecule has 266 valence electrons. The van der Waals surface area contributed by atoms with Crippen LogP contribution in [0.1, 0.15) is 102 Å². The molecule has 0 aromatic heterocycles. The molecule has 0 aliphatic rings. The fourth-order valence-electron chi connectivity index (χ4n) is 5.65. The number of benzene rings is 1. The minimum absolute atomic E-state index is 0.0646. The Hall–Kier alpha value is -3.00. The lowest BCUT2D eigenvalue weighted by molar-refractivity contribution is 0.0238. The summed E-state index contributed by atoms with van der Waals surface area (Å²) >= 11 is 0. The van der Waals surface area contributed by atoms with Crippen molar-refractivity contribution in [2.75, 3.05) is 40.8 Å². The third-order valence-corrected chi connectivity index (χ3v) is 9.34. The van der Waals surface area contributed by atoms with Gasteiger partial charge in [-0.3, -0.25) is 4.90 Å². The van der Waals surface area contributed by atoms with Crippen LogP contribution in [0.3, 0.4) is 0 Å². The lowest BCUT2D eigenvalue weighted by Crippen LogP contribution is -2.49. The van der Waals surface area contributed by atoms with Gasteiger partial charge in [-0.25, -0.2) is 0 Å². The van der Waals surface area contributed by atoms with Crippen LogP contribution in [0.15, 0.2) is 68.6 Å². The van der Waals surface area contributed by atoms with E-state index in [1.54, 1.807) is 0 Å². The Kier molecular flexibility index (Phi) is 20.2. The predicted octanol–water partition coefficient (Wildman–Crippen LogP) is 7.48. The van der Waals surface area contributed by atoms with E-state index in [9.17, 15) is 0 Å². The predicted molar refractivity (Wildman–Crippen MR) is 207 cm³/mol. The number of aryl methyl sites for hydroxylation is 1. The first-order chi connectivity index (χ1) is 22.3. The third kappa shape index (κ3) is 16.6. The molecule has 3 unspecified atom stereocenters. The van der Waals surface area contributed by atoms with Gasteiger partial charge in [-0.15, -0.1) is 6.58 Å². The average Bonchev–Trinajstić information content (AvgIpc) is 3.05. The number of ether oxygens (including phenoxy) is 1. The van der Waals surface area contributed by atoms with Crippen LogP contribution in [0.5, 0.6) is 0 Å². The van der Waals surface area contributed by atoms with Crippen molar-refractivity contribution in [3.63, 3.8) is 0 Å². The molecule has 6 N–H and O–H groups in total. The fraction of sp³-hybridized carbons (Fsp3) is 0.600. The zero-order chi connectivity index (χ0) is 35.4. The van der Waals surface area contributed by atoms with Gasteiger partial charge < -0.3 is 31.7 Å². The molecular formula is C40H70N6O. The Balaban J connectivity index is 2.66. The first kappa shape index (κ1) is 42.0. The van der Waals surface area contributed by atoms with Crippen molar-refractivity contribution < 1.29 is 4.74 Å². The second-order valence-corrected chi connectivity index (χ2v) is 13.6. The summed E-state index contributed by atoms with van der Waals surface area (Å²) in [6, 6.07) is 6.95. The number of rotatable bonds is 28. The van der Waals surface area contributed by atoms with Crippen molar-refractivity contribution in [1.29, 1.82) is 0 Å². The molecule has 0 saturated heterocycles. The van der Waals surface area contributed by atoms with Gasteiger partial charge in [-0.1, -0.05) is 45.2 Å². The van der Waals surface area contributed by atoms with Gasteiger partial charge in [-0.05, 0) is 121 Å². The molecule has 3 atom stereocenters. The number of hydrogen-bond acceptors (Lipinski definition) is 7. The van der Waals surface area contributed by atoms with Crippen LogP contribution in [0, 0.1) is 6.92 Å². The Morgan fingerprint density at radius 3 is 1.91 bits per heavy atom. The number of likely N-dealkylation sites (N-methyl/N-ethyl adjacent to an activating group) is 1. The molecule has 0 saturated carbocycles. The largest absolute Gasteiger partial charge is 0.392 e. The van der Waals surface area contributed by atoms with Gasteiger partial charge in [0.2, 0.25) is 0 Å². The van der Waals surface area contributed by atoms with E-state index in [4.69, 9.17) is 10.5 Å². The van der Waals surface area contributed by atoms with Crippen molar-refractivity contribution in [2.45, 2.75) is 116 Å². The summed E-state index contributed by atoms with van der Waals surface area (Å²) in [6.07, 6.45) is 13.1. The van der Waals surface area contributed by atoms with Gasteiger partial charge in [0.1, 0.15) is 0 Å². The summed E-state index contributed by atoms with van der Waals surface area (Å²) in [6.45, 7) is 31.6. The summed E-state index contributed by atoms with van der Waals surface area (Å²) < 4.78 is 6.34. The highest BCUT2D eigenvalue weighted by atomic mass is 16.5. The Bertz CT molecular complexity index is 1100. The third-order valence-electron chi connectivity index (χ3n) is 9.34. The highest BCUT2D eigenvalue weighted by molar-refractivity contribution is 5.70. The number of allylic oxidation sites excluding steroid dienone is 2. The van der Waals surface area contributed by atoms with Crippen LogP contribution in [-0.2, 0) is 4.74 Å². The summed E-state index contributed by atoms with van der Waals surface area (Å²) in [5.41, 5.74) is 13.0. The molecule has 0 amide bonds. The topological polar surface area (TPSA) is 86.6 Å². The van der Waals surface area contributed by atoms with Crippen LogP contribution in [0.2, 0.25) is 0 Å². The standard InChI is InChI=1S/C40H70N6O/c1-13-40(9,46(12)39(20-16-14-18-32(4)42-10)21-17-15-19-33(5)43-11)23-25-47-34(6)22-24-44-35(7)37-26-30(2)27-38(28-37)36(8)45-29-31(3)41/h13,26-28,31,34,39,42-45H,1,4-5,7-8,14-25,29,41H2,2-3,6,9-12H3. The second kappa shape index (κ2) is 22.5. The molecule has 7 heteroatoms. The number of hydrogen-bond donors (Lipinski definition) is 5. The minimum atomic E-state index is -0.149. The molecule has 0 radical (unpaired) electrons. The number of nitrogens with one attached hydrogen (secondary N) is 4. The molecule has 0 spiro atoms. The normalized spacial score (nSPS) is 13.8. The van der Waals surface area contributed by atoms with Gasteiger partial charge >= 0.3 is 0 Å². The smallest absolute Gasteiger partial charge is 0.0563 e. The highest BCUT2D eigenvalue weighted by Gasteiger charge is 2.30. The molecule has 1 aromatic rings. The molecule has 1 aromatic carbocycles. The summed E-state index contributed by atoms with van der Waals surface area (Å²) in [5, 5.41) is 13.2. The van der Waals surface area contributed by atoms with Crippen molar-refractivity contribution in [2.24, 2.45) is 5.73 Å². The van der Waals surface area contributed by atoms with E-state index in [2.05, 4.69) is 111 Å². The molecule has 0 aliphatic heterocycles. The van der Waals surface area contributed by atoms with Crippen LogP contribution < -0.4 is 27.0 Å². The Labute approximate surface area is 289 Å². The molecule has 47 heavy (non-hydrogen) atoms. The Morgan fingerprint density at radius 1 is 0.894 bits per heavy atom. The van der Waals surface area contributed by atoms with Gasteiger partial charge in [0, 0.05) is 74.2 Å². The van der Waals surface area contributed by atoms with Crippen LogP contribution in [0.25, 0.3) is 11.4 Å². The molecule has 1 rings (SSSR count). The lowest BCUT2D eigenvalue weighted by Gasteiger charge is -2.42. The monoisotopic (exact) mass is 651 g/mol. The first-order valence-corrected chi connectivity index (χ1v) is 17.7. The summed E-state index contributed by atoms with van der Waals surface area (Å²) in [4.78, 5) is 2.55. The van der Waals surface area contributed by atoms with Crippen LogP contribution >= 0.6 is 0 Å². The van der Waals surface area contributed by atoms with Crippen LogP contribution in [0.4, 0.5) is 0 Å². The first-order valence-electron chi connectivity index (χ1n) is 17.7. The highest BCUT2D eigenvalue weighted by Crippen LogP contribution is 2.28. The molecule has 0 heterocycles. The molecule has 0 aliphatic carbocycles. The van der Waals surface area contributed by atoms with Crippen molar-refractivity contribution in [3.05, 3.63) is 85.3 Å². The maximum absolute atomic E-state index is 6.34. The van der Waals surface area contributed by atoms with E-state index in [0.717, 1.165) is 97.4 Å². The SMILES string of the molecule is C=CC(C)(CCOC(C)CCNC(=C)c1cc(C)cc(C(=C)NCC(C)N)c1)N(C)C(CCCCC(=C)NC)CCCCC(=C)NC. The minimum Gasteiger partial charge on any atom is -0.392 e. The van der Waals surface area contributed by atoms with Crippen molar-refractivity contribution in [1.82, 2.24) is 26.2 Å². The molecule has 0 bridgehead atoms. The summed E-state index contributed by atoms with van der Waals surface area (Å²) in [5.74, 6) is 0. The molecular weight excluding hydrogens is 580 g/mol. The maximum Gasteiger partial charge on any atom is 0.0563 e. The van der Waals surface area contributed by atoms with Crippen LogP contribution in [-0.4, -0.2) is 69.5 Å². The van der Waals surface area contributed by atoms with E-state index in [1.165, 1.54) is 12.8 Å². The number of nitrogens with zero attached hydrogens (tertiary/aromatic N) is 1. The van der Waals surface area contributed by atoms with E-state index in [0.29, 0.717) is 19.2 Å². The molecule has 7 nitrogen and oxygen atoms in total. The summed E-state index contributed by atoms with van der Waals surface area (Å²) in [7, 11) is 6.17. The lowest BCUT2D eigenvalue weighted by atomic mass is 9.91. The maximum atomic E-state index is 6.34. The average molecular weight is 651 g/mol. The van der Waals surface area contributed by atoms with E-state index in [-0.39, 0.29) is 17.7 Å². The van der Waals surface area contributed by atoms with Gasteiger partial charge in [0.15, 0.2) is 0 Å². The quantitative estimate of drug-likeness (QED) is 0.0475. The van der Waals surface area contributed by atoms with E-state index >= 15 is 0 Å². The van der Waals surface area contributed by atoms with Gasteiger partial charge in [0.05, 0.1) is 6.10 Å². The number of unbranched alkanes of at least 4 members (excludes halogenated alkanes) is 2. The molecule has 0 fully saturated rings. The van der Waals surface area contributed by atoms with E-state index < -0.39 is 0 Å². The zero-order valence-corrected chi connectivity index (χ0v) is 31.2. The second-order valence-electron chi connectivity index (χ2n) is 13.6.